The molecule has 0 fully saturated rings. The molecule has 0 radical (unpaired) electrons. The van der Waals surface area contributed by atoms with Gasteiger partial charge in [0.2, 0.25) is 0 Å². The van der Waals surface area contributed by atoms with Crippen LogP contribution in [0.25, 0.3) is 11.3 Å². The lowest BCUT2D eigenvalue weighted by atomic mass is 10.0. The van der Waals surface area contributed by atoms with E-state index in [1.54, 1.807) is 0 Å². The van der Waals surface area contributed by atoms with Crippen molar-refractivity contribution in [3.63, 3.8) is 0 Å². The van der Waals surface area contributed by atoms with Crippen LogP contribution in [0.1, 0.15) is 16.8 Å². The van der Waals surface area contributed by atoms with Crippen LogP contribution in [-0.2, 0) is 23.6 Å². The minimum Gasteiger partial charge on any atom is -0.481 e. The fraction of sp³-hybridized carbons (Fsp3) is 0.200. The number of nitrogens with zero attached hydrogens (tertiary/aromatic N) is 1. The van der Waals surface area contributed by atoms with E-state index in [-0.39, 0.29) is 16.8 Å². The van der Waals surface area contributed by atoms with E-state index >= 15 is 0 Å². The molecule has 2 rings (SSSR count). The van der Waals surface area contributed by atoms with Gasteiger partial charge in [-0.05, 0) is 29.8 Å². The first-order valence-electron chi connectivity index (χ1n) is 6.44. The number of hydrogen-bond acceptors (Lipinski definition) is 2. The van der Waals surface area contributed by atoms with Crippen molar-refractivity contribution in [2.75, 3.05) is 0 Å². The van der Waals surface area contributed by atoms with Gasteiger partial charge >= 0.3 is 18.3 Å². The number of aromatic nitrogens is 1. The monoisotopic (exact) mass is 349 g/mol. The number of hydrogen-bond donors (Lipinski definition) is 1. The topological polar surface area (TPSA) is 50.2 Å². The van der Waals surface area contributed by atoms with Gasteiger partial charge in [0.25, 0.3) is 0 Å². The second-order valence-corrected chi connectivity index (χ2v) is 4.89. The molecule has 1 heterocycles. The summed E-state index contributed by atoms with van der Waals surface area (Å²) in [6.45, 7) is 0. The van der Waals surface area contributed by atoms with Crippen LogP contribution in [-0.4, -0.2) is 16.1 Å². The van der Waals surface area contributed by atoms with Crippen LogP contribution in [0.4, 0.5) is 26.3 Å². The van der Waals surface area contributed by atoms with Gasteiger partial charge < -0.3 is 5.11 Å². The molecular formula is C15H9F6NO2. The van der Waals surface area contributed by atoms with Crippen molar-refractivity contribution >= 4 is 5.97 Å². The van der Waals surface area contributed by atoms with Crippen LogP contribution in [0.5, 0.6) is 0 Å². The number of rotatable bonds is 3. The molecule has 0 aliphatic rings. The highest BCUT2D eigenvalue weighted by Gasteiger charge is 2.34. The standard InChI is InChI=1S/C15H9F6NO2/c16-14(17,18)10-3-1-9(2-4-10)11-5-8(7-13(23)24)6-12(22-11)15(19,20)21/h1-6H,7H2,(H,23,24). The number of halogens is 6. The number of carbonyl (C=O) groups is 1. The fourth-order valence-electron chi connectivity index (χ4n) is 1.99. The minimum atomic E-state index is -4.81. The summed E-state index contributed by atoms with van der Waals surface area (Å²) in [6, 6.07) is 5.10. The Morgan fingerprint density at radius 2 is 1.54 bits per heavy atom. The van der Waals surface area contributed by atoms with Crippen molar-refractivity contribution < 1.29 is 36.2 Å². The zero-order valence-electron chi connectivity index (χ0n) is 11.7. The van der Waals surface area contributed by atoms with Gasteiger partial charge in [-0.1, -0.05) is 12.1 Å². The molecular weight excluding hydrogens is 340 g/mol. The van der Waals surface area contributed by atoms with Crippen molar-refractivity contribution in [1.82, 2.24) is 4.98 Å². The molecule has 0 saturated heterocycles. The Morgan fingerprint density at radius 3 is 2.00 bits per heavy atom. The van der Waals surface area contributed by atoms with Gasteiger partial charge in [0.1, 0.15) is 5.69 Å². The molecule has 0 aliphatic carbocycles. The molecule has 3 nitrogen and oxygen atoms in total. The van der Waals surface area contributed by atoms with Crippen LogP contribution in [0.2, 0.25) is 0 Å². The lowest BCUT2D eigenvalue weighted by Crippen LogP contribution is -2.11. The summed E-state index contributed by atoms with van der Waals surface area (Å²) in [4.78, 5) is 14.1. The SMILES string of the molecule is O=C(O)Cc1cc(-c2ccc(C(F)(F)F)cc2)nc(C(F)(F)F)c1. The van der Waals surface area contributed by atoms with E-state index in [0.29, 0.717) is 18.2 Å². The highest BCUT2D eigenvalue weighted by Crippen LogP contribution is 2.33. The molecule has 2 aromatic rings. The quantitative estimate of drug-likeness (QED) is 0.835. The highest BCUT2D eigenvalue weighted by atomic mass is 19.4. The van der Waals surface area contributed by atoms with Gasteiger partial charge in [-0.2, -0.15) is 26.3 Å². The third-order valence-corrected chi connectivity index (χ3v) is 3.04. The average molecular weight is 349 g/mol. The molecule has 0 unspecified atom stereocenters. The lowest BCUT2D eigenvalue weighted by Gasteiger charge is -2.12. The molecule has 24 heavy (non-hydrogen) atoms. The molecule has 0 saturated carbocycles. The van der Waals surface area contributed by atoms with E-state index in [2.05, 4.69) is 4.98 Å². The van der Waals surface area contributed by atoms with Gasteiger partial charge in [0, 0.05) is 5.56 Å². The summed E-state index contributed by atoms with van der Waals surface area (Å²) in [6.07, 6.45) is -10.1. The predicted octanol–water partition coefficient (Wildman–Crippen LogP) is 4.41. The summed E-state index contributed by atoms with van der Waals surface area (Å²) in [7, 11) is 0. The Hall–Kier alpha value is -2.58. The zero-order chi connectivity index (χ0) is 18.1. The van der Waals surface area contributed by atoms with Crippen molar-refractivity contribution in [2.24, 2.45) is 0 Å². The Kier molecular flexibility index (Phi) is 4.54. The Bertz CT molecular complexity index is 750. The summed E-state index contributed by atoms with van der Waals surface area (Å²) >= 11 is 0. The Balaban J connectivity index is 2.50. The first-order chi connectivity index (χ1) is 11.0. The van der Waals surface area contributed by atoms with Crippen LogP contribution in [0.3, 0.4) is 0 Å². The smallest absolute Gasteiger partial charge is 0.433 e. The van der Waals surface area contributed by atoms with Gasteiger partial charge in [-0.3, -0.25) is 4.79 Å². The molecule has 9 heteroatoms. The molecule has 1 aromatic heterocycles. The van der Waals surface area contributed by atoms with Crippen LogP contribution < -0.4 is 0 Å². The predicted molar refractivity (Wildman–Crippen MR) is 71.0 cm³/mol. The summed E-state index contributed by atoms with van der Waals surface area (Å²) in [5.74, 6) is -1.34. The first-order valence-corrected chi connectivity index (χ1v) is 6.44. The number of carboxylic acids is 1. The van der Waals surface area contributed by atoms with E-state index in [1.165, 1.54) is 0 Å². The van der Waals surface area contributed by atoms with E-state index in [9.17, 15) is 31.1 Å². The number of pyridine rings is 1. The maximum atomic E-state index is 12.9. The van der Waals surface area contributed by atoms with Crippen molar-refractivity contribution in [3.8, 4) is 11.3 Å². The lowest BCUT2D eigenvalue weighted by molar-refractivity contribution is -0.141. The number of aliphatic carboxylic acids is 1. The molecule has 0 spiro atoms. The van der Waals surface area contributed by atoms with Crippen LogP contribution >= 0.6 is 0 Å². The van der Waals surface area contributed by atoms with Crippen molar-refractivity contribution in [2.45, 2.75) is 18.8 Å². The molecule has 1 N–H and O–H groups in total. The summed E-state index contributed by atoms with van der Waals surface area (Å²) in [5.41, 5.74) is -2.66. The molecule has 1 aromatic carbocycles. The number of carboxylic acid groups (broad SMARTS) is 1. The van der Waals surface area contributed by atoms with Crippen LogP contribution in [0, 0.1) is 0 Å². The zero-order valence-corrected chi connectivity index (χ0v) is 11.7. The largest absolute Gasteiger partial charge is 0.481 e. The van der Waals surface area contributed by atoms with Gasteiger partial charge in [-0.25, -0.2) is 4.98 Å². The van der Waals surface area contributed by atoms with Crippen molar-refractivity contribution in [1.29, 1.82) is 0 Å². The highest BCUT2D eigenvalue weighted by molar-refractivity contribution is 5.71. The molecule has 0 bridgehead atoms. The maximum Gasteiger partial charge on any atom is 0.433 e. The summed E-state index contributed by atoms with van der Waals surface area (Å²) in [5, 5.41) is 8.72. The third-order valence-electron chi connectivity index (χ3n) is 3.04. The summed E-state index contributed by atoms with van der Waals surface area (Å²) < 4.78 is 76.1. The molecule has 0 amide bonds. The normalized spacial score (nSPS) is 12.2. The van der Waals surface area contributed by atoms with Gasteiger partial charge in [0.05, 0.1) is 17.7 Å². The minimum absolute atomic E-state index is 0.0146. The Morgan fingerprint density at radius 1 is 0.958 bits per heavy atom. The first kappa shape index (κ1) is 17.8. The number of benzene rings is 1. The van der Waals surface area contributed by atoms with E-state index in [0.717, 1.165) is 18.2 Å². The van der Waals surface area contributed by atoms with Gasteiger partial charge in [-0.15, -0.1) is 0 Å². The van der Waals surface area contributed by atoms with E-state index in [4.69, 9.17) is 5.11 Å². The second-order valence-electron chi connectivity index (χ2n) is 4.89. The number of alkyl halides is 6. The van der Waals surface area contributed by atoms with Crippen LogP contribution in [0.15, 0.2) is 36.4 Å². The third kappa shape index (κ3) is 4.24. The average Bonchev–Trinajstić information content (AvgIpc) is 2.44. The molecule has 128 valence electrons. The molecule has 0 aliphatic heterocycles. The fourth-order valence-corrected chi connectivity index (χ4v) is 1.99. The van der Waals surface area contributed by atoms with E-state index < -0.39 is 36.0 Å². The molecule has 0 atom stereocenters. The maximum absolute atomic E-state index is 12.9. The van der Waals surface area contributed by atoms with Gasteiger partial charge in [0.15, 0.2) is 0 Å². The van der Waals surface area contributed by atoms with E-state index in [1.807, 2.05) is 0 Å². The Labute approximate surface area is 131 Å². The van der Waals surface area contributed by atoms with Crippen molar-refractivity contribution in [3.05, 3.63) is 53.2 Å². The second kappa shape index (κ2) is 6.14.